The highest BCUT2D eigenvalue weighted by Crippen LogP contribution is 2.18. The van der Waals surface area contributed by atoms with E-state index in [4.69, 9.17) is 0 Å². The van der Waals surface area contributed by atoms with Crippen molar-refractivity contribution < 1.29 is 0 Å². The summed E-state index contributed by atoms with van der Waals surface area (Å²) >= 11 is 0. The Morgan fingerprint density at radius 2 is 2.15 bits per heavy atom. The molecular weight excluding hydrogens is 158 g/mol. The molecule has 0 aromatic rings. The van der Waals surface area contributed by atoms with Gasteiger partial charge in [-0.2, -0.15) is 0 Å². The van der Waals surface area contributed by atoms with E-state index in [1.165, 1.54) is 38.6 Å². The molecule has 0 bridgehead atoms. The van der Waals surface area contributed by atoms with E-state index in [0.717, 1.165) is 12.0 Å². The van der Waals surface area contributed by atoms with E-state index < -0.39 is 0 Å². The van der Waals surface area contributed by atoms with Crippen molar-refractivity contribution in [3.8, 4) is 0 Å². The molecule has 0 saturated heterocycles. The minimum Gasteiger partial charge on any atom is -0.314 e. The molecule has 1 heteroatoms. The van der Waals surface area contributed by atoms with E-state index in [-0.39, 0.29) is 0 Å². The quantitative estimate of drug-likeness (QED) is 0.470. The van der Waals surface area contributed by atoms with Crippen molar-refractivity contribution in [2.24, 2.45) is 5.92 Å². The van der Waals surface area contributed by atoms with Crippen LogP contribution in [-0.4, -0.2) is 12.6 Å². The second-order valence-corrected chi connectivity index (χ2v) is 4.24. The van der Waals surface area contributed by atoms with E-state index in [1.807, 2.05) is 0 Å². The van der Waals surface area contributed by atoms with Gasteiger partial charge in [-0.3, -0.25) is 0 Å². The molecular formula is C12H23N. The van der Waals surface area contributed by atoms with Crippen molar-refractivity contribution in [1.82, 2.24) is 5.32 Å². The van der Waals surface area contributed by atoms with Gasteiger partial charge in [-0.1, -0.05) is 32.4 Å². The minimum absolute atomic E-state index is 0.854. The highest BCUT2D eigenvalue weighted by Gasteiger charge is 2.19. The fourth-order valence-corrected chi connectivity index (χ4v) is 1.27. The highest BCUT2D eigenvalue weighted by atomic mass is 14.9. The molecule has 1 rings (SSSR count). The molecule has 1 saturated carbocycles. The van der Waals surface area contributed by atoms with Crippen molar-refractivity contribution in [3.63, 3.8) is 0 Å². The zero-order valence-corrected chi connectivity index (χ0v) is 9.05. The fourth-order valence-electron chi connectivity index (χ4n) is 1.27. The van der Waals surface area contributed by atoms with Crippen LogP contribution in [-0.2, 0) is 0 Å². The van der Waals surface area contributed by atoms with Crippen LogP contribution in [0.3, 0.4) is 0 Å². The smallest absolute Gasteiger partial charge is 0.00683 e. The molecule has 76 valence electrons. The van der Waals surface area contributed by atoms with E-state index >= 15 is 0 Å². The summed E-state index contributed by atoms with van der Waals surface area (Å²) in [6, 6.07) is 0.864. The van der Waals surface area contributed by atoms with Gasteiger partial charge in [0.15, 0.2) is 0 Å². The van der Waals surface area contributed by atoms with Gasteiger partial charge in [0.25, 0.3) is 0 Å². The molecule has 1 nitrogen and oxygen atoms in total. The molecule has 1 fully saturated rings. The number of hydrogen-bond acceptors (Lipinski definition) is 1. The van der Waals surface area contributed by atoms with Crippen LogP contribution in [0.4, 0.5) is 0 Å². The third-order valence-electron chi connectivity index (χ3n) is 2.72. The van der Waals surface area contributed by atoms with Crippen LogP contribution in [0.25, 0.3) is 0 Å². The van der Waals surface area contributed by atoms with Gasteiger partial charge in [-0.25, -0.2) is 0 Å². The molecule has 0 spiro atoms. The van der Waals surface area contributed by atoms with Gasteiger partial charge in [0, 0.05) is 6.04 Å². The maximum atomic E-state index is 3.51. The lowest BCUT2D eigenvalue weighted by atomic mass is 10.1. The molecule has 1 N–H and O–H groups in total. The Labute approximate surface area is 82.6 Å². The predicted molar refractivity (Wildman–Crippen MR) is 58.9 cm³/mol. The van der Waals surface area contributed by atoms with Crippen LogP contribution in [0.1, 0.15) is 46.0 Å². The Kier molecular flexibility index (Phi) is 5.14. The molecule has 0 radical (unpaired) electrons. The van der Waals surface area contributed by atoms with Gasteiger partial charge in [-0.15, -0.1) is 0 Å². The van der Waals surface area contributed by atoms with E-state index in [2.05, 4.69) is 31.3 Å². The lowest BCUT2D eigenvalue weighted by Crippen LogP contribution is -2.16. The Hall–Kier alpha value is -0.300. The number of allylic oxidation sites excluding steroid dienone is 1. The molecule has 0 amide bonds. The van der Waals surface area contributed by atoms with E-state index in [0.29, 0.717) is 0 Å². The number of nitrogens with one attached hydrogen (secondary N) is 1. The first-order valence-electron chi connectivity index (χ1n) is 5.71. The van der Waals surface area contributed by atoms with Crippen LogP contribution < -0.4 is 5.32 Å². The Morgan fingerprint density at radius 1 is 1.38 bits per heavy atom. The SMILES string of the molecule is CCC(C)CC=CCCNC1CC1. The summed E-state index contributed by atoms with van der Waals surface area (Å²) in [5, 5.41) is 3.51. The summed E-state index contributed by atoms with van der Waals surface area (Å²) in [5.41, 5.74) is 0. The average Bonchev–Trinajstić information content (AvgIpc) is 2.94. The van der Waals surface area contributed by atoms with Crippen molar-refractivity contribution in [2.75, 3.05) is 6.54 Å². The molecule has 0 aromatic carbocycles. The van der Waals surface area contributed by atoms with Crippen molar-refractivity contribution in [3.05, 3.63) is 12.2 Å². The fraction of sp³-hybridized carbons (Fsp3) is 0.833. The van der Waals surface area contributed by atoms with Gasteiger partial charge in [0.05, 0.1) is 0 Å². The van der Waals surface area contributed by atoms with Gasteiger partial charge in [0.2, 0.25) is 0 Å². The van der Waals surface area contributed by atoms with Gasteiger partial charge in [-0.05, 0) is 38.1 Å². The van der Waals surface area contributed by atoms with Crippen LogP contribution >= 0.6 is 0 Å². The highest BCUT2D eigenvalue weighted by molar-refractivity contribution is 4.86. The maximum absolute atomic E-state index is 3.51. The normalized spacial score (nSPS) is 19.5. The first-order valence-corrected chi connectivity index (χ1v) is 5.71. The standard InChI is InChI=1S/C12H23N/c1-3-11(2)7-5-4-6-10-13-12-8-9-12/h4-5,11-13H,3,6-10H2,1-2H3. The summed E-state index contributed by atoms with van der Waals surface area (Å²) in [6.45, 7) is 5.74. The van der Waals surface area contributed by atoms with Crippen LogP contribution in [0.5, 0.6) is 0 Å². The summed E-state index contributed by atoms with van der Waals surface area (Å²) in [5.74, 6) is 0.854. The zero-order valence-electron chi connectivity index (χ0n) is 9.05. The molecule has 1 atom stereocenters. The van der Waals surface area contributed by atoms with Crippen molar-refractivity contribution in [2.45, 2.75) is 52.0 Å². The molecule has 1 unspecified atom stereocenters. The van der Waals surface area contributed by atoms with Gasteiger partial charge >= 0.3 is 0 Å². The second-order valence-electron chi connectivity index (χ2n) is 4.24. The van der Waals surface area contributed by atoms with Crippen LogP contribution in [0, 0.1) is 5.92 Å². The Balaban J connectivity index is 1.85. The largest absolute Gasteiger partial charge is 0.314 e. The van der Waals surface area contributed by atoms with Crippen LogP contribution in [0.15, 0.2) is 12.2 Å². The molecule has 0 aliphatic heterocycles. The Bertz CT molecular complexity index is 147. The lowest BCUT2D eigenvalue weighted by molar-refractivity contribution is 0.570. The van der Waals surface area contributed by atoms with E-state index in [1.54, 1.807) is 0 Å². The number of rotatable bonds is 7. The average molecular weight is 181 g/mol. The first-order chi connectivity index (χ1) is 6.33. The van der Waals surface area contributed by atoms with E-state index in [9.17, 15) is 0 Å². The molecule has 1 aliphatic carbocycles. The monoisotopic (exact) mass is 181 g/mol. The summed E-state index contributed by atoms with van der Waals surface area (Å²) in [7, 11) is 0. The summed E-state index contributed by atoms with van der Waals surface area (Å²) in [6.07, 6.45) is 11.2. The molecule has 1 aliphatic rings. The van der Waals surface area contributed by atoms with Crippen molar-refractivity contribution in [1.29, 1.82) is 0 Å². The van der Waals surface area contributed by atoms with Crippen LogP contribution in [0.2, 0.25) is 0 Å². The van der Waals surface area contributed by atoms with Gasteiger partial charge in [0.1, 0.15) is 0 Å². The Morgan fingerprint density at radius 3 is 2.77 bits per heavy atom. The molecule has 0 aromatic heterocycles. The zero-order chi connectivity index (χ0) is 9.52. The number of hydrogen-bond donors (Lipinski definition) is 1. The summed E-state index contributed by atoms with van der Waals surface area (Å²) < 4.78 is 0. The van der Waals surface area contributed by atoms with Crippen molar-refractivity contribution >= 4 is 0 Å². The van der Waals surface area contributed by atoms with Gasteiger partial charge < -0.3 is 5.32 Å². The predicted octanol–water partition coefficient (Wildman–Crippen LogP) is 3.12. The third kappa shape index (κ3) is 5.87. The lowest BCUT2D eigenvalue weighted by Gasteiger charge is -2.02. The third-order valence-corrected chi connectivity index (χ3v) is 2.72. The summed E-state index contributed by atoms with van der Waals surface area (Å²) in [4.78, 5) is 0. The topological polar surface area (TPSA) is 12.0 Å². The maximum Gasteiger partial charge on any atom is 0.00683 e. The molecule has 13 heavy (non-hydrogen) atoms. The minimum atomic E-state index is 0.854. The molecule has 0 heterocycles. The first kappa shape index (κ1) is 10.8. The second kappa shape index (κ2) is 6.20.